The maximum Gasteiger partial charge on any atom is 0.0834 e. The zero-order valence-corrected chi connectivity index (χ0v) is 38.4. The maximum absolute atomic E-state index is 10.3. The number of aliphatic hydroxyl groups is 2. The minimum absolute atomic E-state index is 0.0285. The Morgan fingerprint density at radius 2 is 0.586 bits per heavy atom. The molecule has 350 valence electrons. The molecule has 0 aromatic carbocycles. The molecule has 0 rings (SSSR count). The van der Waals surface area contributed by atoms with E-state index in [0.29, 0.717) is 91.8 Å². The van der Waals surface area contributed by atoms with Gasteiger partial charge in [-0.1, -0.05) is 162 Å². The molecule has 0 radical (unpaired) electrons. The molecule has 0 saturated carbocycles. The molecule has 0 aliphatic heterocycles. The van der Waals surface area contributed by atoms with Gasteiger partial charge in [-0.25, -0.2) is 0 Å². The Morgan fingerprint density at radius 3 is 0.966 bits per heavy atom. The summed E-state index contributed by atoms with van der Waals surface area (Å²) in [6.07, 6.45) is 35.6. The van der Waals surface area contributed by atoms with Crippen LogP contribution in [0.4, 0.5) is 0 Å². The first-order valence-electron chi connectivity index (χ1n) is 24.7. The summed E-state index contributed by atoms with van der Waals surface area (Å²) >= 11 is 0. The fraction of sp³-hybridized carbons (Fsp3) is 1.00. The van der Waals surface area contributed by atoms with E-state index < -0.39 is 0 Å². The summed E-state index contributed by atoms with van der Waals surface area (Å²) in [6.45, 7) is 12.6. The van der Waals surface area contributed by atoms with Crippen LogP contribution in [0.2, 0.25) is 0 Å². The second-order valence-electron chi connectivity index (χ2n) is 16.1. The van der Waals surface area contributed by atoms with Crippen molar-refractivity contribution in [2.75, 3.05) is 112 Å². The minimum atomic E-state index is -0.158. The van der Waals surface area contributed by atoms with Gasteiger partial charge in [-0.2, -0.15) is 0 Å². The average Bonchev–Trinajstić information content (AvgIpc) is 3.24. The third-order valence-electron chi connectivity index (χ3n) is 10.8. The fourth-order valence-electron chi connectivity index (χ4n) is 7.22. The Hall–Kier alpha value is -0.400. The van der Waals surface area contributed by atoms with E-state index in [1.54, 1.807) is 0 Å². The quantitative estimate of drug-likeness (QED) is 0.0574. The van der Waals surface area contributed by atoms with Gasteiger partial charge in [0.05, 0.1) is 105 Å². The van der Waals surface area contributed by atoms with E-state index in [2.05, 4.69) is 13.8 Å². The number of hydrogen-bond donors (Lipinski definition) is 2. The molecule has 0 aliphatic rings. The van der Waals surface area contributed by atoms with Crippen molar-refractivity contribution >= 4 is 0 Å². The molecule has 58 heavy (non-hydrogen) atoms. The topological polar surface area (TPSA) is 114 Å². The van der Waals surface area contributed by atoms with Crippen LogP contribution in [0.15, 0.2) is 0 Å². The fourth-order valence-corrected chi connectivity index (χ4v) is 7.22. The molecule has 0 heterocycles. The van der Waals surface area contributed by atoms with E-state index in [9.17, 15) is 5.11 Å². The summed E-state index contributed by atoms with van der Waals surface area (Å²) < 4.78 is 45.2. The molecule has 2 N–H and O–H groups in total. The molecular formula is C48H98O10. The third-order valence-corrected chi connectivity index (χ3v) is 10.8. The first kappa shape index (κ1) is 57.6. The van der Waals surface area contributed by atoms with Crippen LogP contribution in [-0.2, 0) is 37.9 Å². The van der Waals surface area contributed by atoms with Crippen molar-refractivity contribution in [1.29, 1.82) is 0 Å². The van der Waals surface area contributed by atoms with E-state index >= 15 is 0 Å². The molecule has 2 unspecified atom stereocenters. The normalized spacial score (nSPS) is 12.8. The van der Waals surface area contributed by atoms with Crippen LogP contribution < -0.4 is 0 Å². The molecule has 0 aliphatic carbocycles. The Morgan fingerprint density at radius 1 is 0.293 bits per heavy atom. The SMILES string of the molecule is CCCCCCCCCCCCCCCCOCCCC(CCCCCCCCCCCC)C(CO)OCCOCCOCCOCCOCCOCCOCCO. The van der Waals surface area contributed by atoms with E-state index in [1.807, 2.05) is 0 Å². The highest BCUT2D eigenvalue weighted by atomic mass is 16.6. The largest absolute Gasteiger partial charge is 0.394 e. The zero-order chi connectivity index (χ0) is 41.9. The molecule has 0 aromatic rings. The third kappa shape index (κ3) is 46.7. The van der Waals surface area contributed by atoms with Gasteiger partial charge in [-0.15, -0.1) is 0 Å². The first-order chi connectivity index (χ1) is 28.8. The molecule has 10 heteroatoms. The smallest absolute Gasteiger partial charge is 0.0834 e. The Kier molecular flexibility index (Phi) is 52.4. The Bertz CT molecular complexity index is 718. The van der Waals surface area contributed by atoms with E-state index in [0.717, 1.165) is 32.5 Å². The van der Waals surface area contributed by atoms with Crippen LogP contribution in [0, 0.1) is 5.92 Å². The van der Waals surface area contributed by atoms with Gasteiger partial charge in [0.2, 0.25) is 0 Å². The lowest BCUT2D eigenvalue weighted by molar-refractivity contribution is -0.0582. The highest BCUT2D eigenvalue weighted by Gasteiger charge is 2.21. The number of ether oxygens (including phenoxy) is 8. The molecule has 0 saturated heterocycles. The van der Waals surface area contributed by atoms with Gasteiger partial charge in [0.1, 0.15) is 0 Å². The van der Waals surface area contributed by atoms with Crippen molar-refractivity contribution < 1.29 is 48.1 Å². The van der Waals surface area contributed by atoms with Gasteiger partial charge in [-0.05, 0) is 31.6 Å². The second-order valence-corrected chi connectivity index (χ2v) is 16.1. The van der Waals surface area contributed by atoms with Crippen LogP contribution in [-0.4, -0.2) is 129 Å². The predicted octanol–water partition coefficient (Wildman–Crippen LogP) is 10.7. The molecular weight excluding hydrogens is 737 g/mol. The van der Waals surface area contributed by atoms with Crippen molar-refractivity contribution in [3.05, 3.63) is 0 Å². The standard InChI is InChI=1S/C48H98O10/c1-3-5-7-9-11-13-15-16-17-18-20-22-24-26-31-51-32-27-29-47(28-25-23-21-19-14-12-10-8-6-4-2)48(46-50)58-45-44-57-43-42-56-41-40-55-39-38-54-37-36-53-35-34-52-33-30-49/h47-50H,3-46H2,1-2H3. The Balaban J connectivity index is 4.06. The summed E-state index contributed by atoms with van der Waals surface area (Å²) in [4.78, 5) is 0. The van der Waals surface area contributed by atoms with Crippen LogP contribution in [0.25, 0.3) is 0 Å². The molecule has 0 amide bonds. The highest BCUT2D eigenvalue weighted by molar-refractivity contribution is 4.71. The predicted molar refractivity (Wildman–Crippen MR) is 239 cm³/mol. The van der Waals surface area contributed by atoms with E-state index in [1.165, 1.54) is 154 Å². The number of unbranched alkanes of at least 4 members (excludes halogenated alkanes) is 22. The van der Waals surface area contributed by atoms with Gasteiger partial charge in [0, 0.05) is 13.2 Å². The first-order valence-corrected chi connectivity index (χ1v) is 24.7. The second kappa shape index (κ2) is 52.7. The van der Waals surface area contributed by atoms with Gasteiger partial charge >= 0.3 is 0 Å². The molecule has 0 fully saturated rings. The summed E-state index contributed by atoms with van der Waals surface area (Å²) in [5.41, 5.74) is 0. The van der Waals surface area contributed by atoms with Crippen LogP contribution in [0.5, 0.6) is 0 Å². The van der Waals surface area contributed by atoms with E-state index in [4.69, 9.17) is 43.0 Å². The van der Waals surface area contributed by atoms with E-state index in [-0.39, 0.29) is 19.3 Å². The zero-order valence-electron chi connectivity index (χ0n) is 38.4. The van der Waals surface area contributed by atoms with Gasteiger partial charge < -0.3 is 48.1 Å². The minimum Gasteiger partial charge on any atom is -0.394 e. The lowest BCUT2D eigenvalue weighted by atomic mass is 9.90. The maximum atomic E-state index is 10.3. The van der Waals surface area contributed by atoms with Gasteiger partial charge in [0.25, 0.3) is 0 Å². The van der Waals surface area contributed by atoms with Crippen LogP contribution >= 0.6 is 0 Å². The lowest BCUT2D eigenvalue weighted by Crippen LogP contribution is -2.30. The van der Waals surface area contributed by atoms with Crippen molar-refractivity contribution in [2.24, 2.45) is 5.92 Å². The number of hydrogen-bond acceptors (Lipinski definition) is 10. The number of aliphatic hydroxyl groups excluding tert-OH is 2. The van der Waals surface area contributed by atoms with Crippen molar-refractivity contribution in [1.82, 2.24) is 0 Å². The van der Waals surface area contributed by atoms with Crippen LogP contribution in [0.3, 0.4) is 0 Å². The monoisotopic (exact) mass is 835 g/mol. The lowest BCUT2D eigenvalue weighted by Gasteiger charge is -2.26. The van der Waals surface area contributed by atoms with Crippen molar-refractivity contribution in [3.8, 4) is 0 Å². The summed E-state index contributed by atoms with van der Waals surface area (Å²) in [5, 5.41) is 19.0. The molecule has 10 nitrogen and oxygen atoms in total. The van der Waals surface area contributed by atoms with Gasteiger partial charge in [-0.3, -0.25) is 0 Å². The van der Waals surface area contributed by atoms with Crippen molar-refractivity contribution in [3.63, 3.8) is 0 Å². The van der Waals surface area contributed by atoms with Crippen molar-refractivity contribution in [2.45, 2.75) is 193 Å². The molecule has 0 bridgehead atoms. The highest BCUT2D eigenvalue weighted by Crippen LogP contribution is 2.23. The summed E-state index contributed by atoms with van der Waals surface area (Å²) in [7, 11) is 0. The van der Waals surface area contributed by atoms with Gasteiger partial charge in [0.15, 0.2) is 0 Å². The molecule has 0 spiro atoms. The molecule has 2 atom stereocenters. The number of rotatable bonds is 53. The summed E-state index contributed by atoms with van der Waals surface area (Å²) in [6, 6.07) is 0. The average molecular weight is 835 g/mol. The van der Waals surface area contributed by atoms with Crippen LogP contribution in [0.1, 0.15) is 187 Å². The summed E-state index contributed by atoms with van der Waals surface area (Å²) in [5.74, 6) is 0.341. The Labute approximate surface area is 358 Å². The molecule has 0 aromatic heterocycles.